The molecule has 0 aliphatic carbocycles. The first-order valence-corrected chi connectivity index (χ1v) is 7.51. The van der Waals surface area contributed by atoms with Crippen LogP contribution in [-0.2, 0) is 9.47 Å². The second-order valence-corrected chi connectivity index (χ2v) is 6.94. The molecule has 0 unspecified atom stereocenters. The standard InChI is InChI=1S/C15H30N2O5/c1-14(2,3)21-12(19)17(10-7-8-16-9-11-18)13(20)22-15(4,5)6/h16,18H,7-11H2,1-6H3. The summed E-state index contributed by atoms with van der Waals surface area (Å²) in [4.78, 5) is 25.3. The predicted octanol–water partition coefficient (Wildman–Crippen LogP) is 2.13. The monoisotopic (exact) mass is 318 g/mol. The summed E-state index contributed by atoms with van der Waals surface area (Å²) < 4.78 is 10.5. The lowest BCUT2D eigenvalue weighted by molar-refractivity contribution is 0.00131. The lowest BCUT2D eigenvalue weighted by atomic mass is 10.2. The van der Waals surface area contributed by atoms with Crippen molar-refractivity contribution < 1.29 is 24.2 Å². The van der Waals surface area contributed by atoms with E-state index in [0.29, 0.717) is 19.5 Å². The van der Waals surface area contributed by atoms with Crippen molar-refractivity contribution in [2.24, 2.45) is 0 Å². The highest BCUT2D eigenvalue weighted by atomic mass is 16.6. The normalized spacial score (nSPS) is 12.0. The number of hydrogen-bond donors (Lipinski definition) is 2. The van der Waals surface area contributed by atoms with Gasteiger partial charge in [0.15, 0.2) is 0 Å². The summed E-state index contributed by atoms with van der Waals surface area (Å²) in [7, 11) is 0. The van der Waals surface area contributed by atoms with E-state index in [4.69, 9.17) is 14.6 Å². The summed E-state index contributed by atoms with van der Waals surface area (Å²) in [5, 5.41) is 11.7. The fraction of sp³-hybridized carbons (Fsp3) is 0.867. The van der Waals surface area contributed by atoms with Gasteiger partial charge >= 0.3 is 12.2 Å². The molecule has 0 heterocycles. The number of imide groups is 1. The Morgan fingerprint density at radius 1 is 0.955 bits per heavy atom. The highest BCUT2D eigenvalue weighted by molar-refractivity contribution is 5.88. The van der Waals surface area contributed by atoms with E-state index in [2.05, 4.69) is 5.32 Å². The molecule has 0 saturated heterocycles. The molecule has 0 aromatic heterocycles. The smallest absolute Gasteiger partial charge is 0.419 e. The van der Waals surface area contributed by atoms with Gasteiger partial charge < -0.3 is 19.9 Å². The number of rotatable bonds is 6. The summed E-state index contributed by atoms with van der Waals surface area (Å²) >= 11 is 0. The third-order valence-electron chi connectivity index (χ3n) is 2.25. The first-order chi connectivity index (χ1) is 9.96. The number of nitrogens with one attached hydrogen (secondary N) is 1. The molecule has 2 amide bonds. The molecule has 0 aromatic rings. The molecule has 0 saturated carbocycles. The van der Waals surface area contributed by atoms with Crippen LogP contribution in [0.5, 0.6) is 0 Å². The van der Waals surface area contributed by atoms with Crippen molar-refractivity contribution in [3.05, 3.63) is 0 Å². The third kappa shape index (κ3) is 10.4. The van der Waals surface area contributed by atoms with Crippen LogP contribution >= 0.6 is 0 Å². The molecule has 2 N–H and O–H groups in total. The van der Waals surface area contributed by atoms with Gasteiger partial charge in [-0.1, -0.05) is 0 Å². The fourth-order valence-electron chi connectivity index (χ4n) is 1.46. The summed E-state index contributed by atoms with van der Waals surface area (Å²) in [6.45, 7) is 11.7. The largest absolute Gasteiger partial charge is 0.443 e. The summed E-state index contributed by atoms with van der Waals surface area (Å²) in [5.74, 6) is 0. The molecular formula is C15H30N2O5. The van der Waals surface area contributed by atoms with Gasteiger partial charge in [0.2, 0.25) is 0 Å². The SMILES string of the molecule is CC(C)(C)OC(=O)N(CCCNCCO)C(=O)OC(C)(C)C. The van der Waals surface area contributed by atoms with Crippen molar-refractivity contribution in [3.63, 3.8) is 0 Å². The number of carbonyl (C=O) groups is 2. The molecule has 0 atom stereocenters. The predicted molar refractivity (Wildman–Crippen MR) is 83.7 cm³/mol. The fourth-order valence-corrected chi connectivity index (χ4v) is 1.46. The molecule has 0 fully saturated rings. The Hall–Kier alpha value is -1.34. The van der Waals surface area contributed by atoms with Gasteiger partial charge in [-0.15, -0.1) is 0 Å². The van der Waals surface area contributed by atoms with Crippen molar-refractivity contribution >= 4 is 12.2 Å². The van der Waals surface area contributed by atoms with Crippen LogP contribution in [0.4, 0.5) is 9.59 Å². The van der Waals surface area contributed by atoms with Crippen molar-refractivity contribution in [1.82, 2.24) is 10.2 Å². The zero-order valence-electron chi connectivity index (χ0n) is 14.6. The molecule has 0 spiro atoms. The van der Waals surface area contributed by atoms with Gasteiger partial charge in [-0.05, 0) is 54.5 Å². The average molecular weight is 318 g/mol. The van der Waals surface area contributed by atoms with Crippen LogP contribution in [0.3, 0.4) is 0 Å². The maximum absolute atomic E-state index is 12.1. The minimum atomic E-state index is -0.719. The number of aliphatic hydroxyl groups excluding tert-OH is 1. The Morgan fingerprint density at radius 3 is 1.77 bits per heavy atom. The molecule has 0 radical (unpaired) electrons. The topological polar surface area (TPSA) is 88.1 Å². The molecule has 7 nitrogen and oxygen atoms in total. The number of amides is 2. The minimum absolute atomic E-state index is 0.0435. The highest BCUT2D eigenvalue weighted by Gasteiger charge is 2.30. The van der Waals surface area contributed by atoms with Gasteiger partial charge in [0.05, 0.1) is 6.61 Å². The molecule has 7 heteroatoms. The van der Waals surface area contributed by atoms with Crippen LogP contribution in [0, 0.1) is 0 Å². The lowest BCUT2D eigenvalue weighted by Crippen LogP contribution is -2.44. The van der Waals surface area contributed by atoms with Gasteiger partial charge in [-0.2, -0.15) is 0 Å². The molecule has 0 rings (SSSR count). The average Bonchev–Trinajstić information content (AvgIpc) is 2.28. The summed E-state index contributed by atoms with van der Waals surface area (Å²) in [6, 6.07) is 0. The summed E-state index contributed by atoms with van der Waals surface area (Å²) in [6.07, 6.45) is -0.897. The van der Waals surface area contributed by atoms with Crippen molar-refractivity contribution in [2.45, 2.75) is 59.2 Å². The Morgan fingerprint density at radius 2 is 1.41 bits per heavy atom. The van der Waals surface area contributed by atoms with Crippen molar-refractivity contribution in [3.8, 4) is 0 Å². The Balaban J connectivity index is 4.69. The zero-order chi connectivity index (χ0) is 17.4. The van der Waals surface area contributed by atoms with E-state index in [1.54, 1.807) is 41.5 Å². The Bertz CT molecular complexity index is 330. The Kier molecular flexibility index (Phi) is 8.40. The lowest BCUT2D eigenvalue weighted by Gasteiger charge is -2.28. The van der Waals surface area contributed by atoms with Gasteiger partial charge in [0.1, 0.15) is 11.2 Å². The van der Waals surface area contributed by atoms with Crippen LogP contribution in [0.2, 0.25) is 0 Å². The van der Waals surface area contributed by atoms with Crippen molar-refractivity contribution in [2.75, 3.05) is 26.2 Å². The molecule has 0 aliphatic rings. The van der Waals surface area contributed by atoms with Gasteiger partial charge in [0.25, 0.3) is 0 Å². The molecule has 0 aromatic carbocycles. The first-order valence-electron chi connectivity index (χ1n) is 7.51. The third-order valence-corrected chi connectivity index (χ3v) is 2.25. The quantitative estimate of drug-likeness (QED) is 0.729. The number of aliphatic hydroxyl groups is 1. The maximum atomic E-state index is 12.1. The zero-order valence-corrected chi connectivity index (χ0v) is 14.6. The number of hydrogen-bond acceptors (Lipinski definition) is 6. The van der Waals surface area contributed by atoms with Gasteiger partial charge in [0, 0.05) is 13.1 Å². The number of carbonyl (C=O) groups excluding carboxylic acids is 2. The number of nitrogens with zero attached hydrogens (tertiary/aromatic N) is 1. The van der Waals surface area contributed by atoms with Crippen LogP contribution in [0.1, 0.15) is 48.0 Å². The van der Waals surface area contributed by atoms with E-state index in [1.807, 2.05) is 0 Å². The van der Waals surface area contributed by atoms with Crippen LogP contribution in [0.25, 0.3) is 0 Å². The van der Waals surface area contributed by atoms with E-state index in [0.717, 1.165) is 4.90 Å². The van der Waals surface area contributed by atoms with Gasteiger partial charge in [-0.25, -0.2) is 14.5 Å². The minimum Gasteiger partial charge on any atom is -0.443 e. The first kappa shape index (κ1) is 20.7. The van der Waals surface area contributed by atoms with E-state index in [9.17, 15) is 9.59 Å². The maximum Gasteiger partial charge on any atom is 0.419 e. The number of ether oxygens (including phenoxy) is 2. The second kappa shape index (κ2) is 8.95. The van der Waals surface area contributed by atoms with E-state index >= 15 is 0 Å². The van der Waals surface area contributed by atoms with Crippen LogP contribution in [-0.4, -0.2) is 59.6 Å². The second-order valence-electron chi connectivity index (χ2n) is 6.94. The Labute approximate surface area is 133 Å². The molecule has 0 aliphatic heterocycles. The molecular weight excluding hydrogens is 288 g/mol. The molecule has 130 valence electrons. The van der Waals surface area contributed by atoms with E-state index < -0.39 is 23.4 Å². The molecule has 0 bridgehead atoms. The van der Waals surface area contributed by atoms with Crippen LogP contribution in [0.15, 0.2) is 0 Å². The van der Waals surface area contributed by atoms with E-state index in [-0.39, 0.29) is 13.2 Å². The highest BCUT2D eigenvalue weighted by Crippen LogP contribution is 2.14. The van der Waals surface area contributed by atoms with Crippen LogP contribution < -0.4 is 5.32 Å². The molecule has 22 heavy (non-hydrogen) atoms. The van der Waals surface area contributed by atoms with Crippen molar-refractivity contribution in [1.29, 1.82) is 0 Å². The van der Waals surface area contributed by atoms with E-state index in [1.165, 1.54) is 0 Å². The summed E-state index contributed by atoms with van der Waals surface area (Å²) in [5.41, 5.74) is -1.38. The van der Waals surface area contributed by atoms with Gasteiger partial charge in [-0.3, -0.25) is 0 Å².